The summed E-state index contributed by atoms with van der Waals surface area (Å²) in [6.07, 6.45) is 6.20. The quantitative estimate of drug-likeness (QED) is 0.195. The van der Waals surface area contributed by atoms with Gasteiger partial charge in [-0.2, -0.15) is 0 Å². The summed E-state index contributed by atoms with van der Waals surface area (Å²) >= 11 is 1.25. The molecule has 0 spiro atoms. The van der Waals surface area contributed by atoms with Gasteiger partial charge in [0.2, 0.25) is 18.2 Å². The molecule has 4 atom stereocenters. The van der Waals surface area contributed by atoms with Gasteiger partial charge in [-0.1, -0.05) is 33.8 Å². The van der Waals surface area contributed by atoms with Crippen molar-refractivity contribution in [2.24, 2.45) is 17.8 Å². The van der Waals surface area contributed by atoms with Crippen LogP contribution in [-0.4, -0.2) is 70.7 Å². The van der Waals surface area contributed by atoms with Gasteiger partial charge >= 0.3 is 0 Å². The Morgan fingerprint density at radius 1 is 1.14 bits per heavy atom. The second kappa shape index (κ2) is 16.9. The van der Waals surface area contributed by atoms with Gasteiger partial charge in [0.1, 0.15) is 11.7 Å². The molecular weight excluding hydrogens is 560 g/mol. The van der Waals surface area contributed by atoms with Crippen molar-refractivity contribution in [3.05, 3.63) is 41.7 Å². The third-order valence-corrected chi connectivity index (χ3v) is 7.53. The topological polar surface area (TPSA) is 152 Å². The molecule has 1 aliphatic rings. The highest BCUT2D eigenvalue weighted by Crippen LogP contribution is 2.28. The van der Waals surface area contributed by atoms with E-state index < -0.39 is 36.1 Å². The van der Waals surface area contributed by atoms with Crippen LogP contribution >= 0.6 is 11.3 Å². The summed E-state index contributed by atoms with van der Waals surface area (Å²) in [6.45, 7) is 8.49. The SMILES string of the molecule is CC(C)C[C@@H](C(=O)NC(CCNC(=O)c1ccccn1)C(=O)Nc1nccs1)[C@H](C(C)C)N(C=O)O[C@H]1CCCCO1. The number of carbonyl (C=O) groups excluding carboxylic acids is 4. The molecular formula is C29H42N6O6S. The Morgan fingerprint density at radius 2 is 1.95 bits per heavy atom. The average Bonchev–Trinajstić information content (AvgIpc) is 3.49. The van der Waals surface area contributed by atoms with Gasteiger partial charge in [-0.25, -0.2) is 14.9 Å². The minimum Gasteiger partial charge on any atom is -0.351 e. The lowest BCUT2D eigenvalue weighted by Gasteiger charge is -2.39. The molecule has 1 fully saturated rings. The Kier molecular flexibility index (Phi) is 13.3. The van der Waals surface area contributed by atoms with Crippen LogP contribution in [0.4, 0.5) is 5.13 Å². The Bertz CT molecular complexity index is 1130. The van der Waals surface area contributed by atoms with Gasteiger partial charge in [-0.3, -0.25) is 24.2 Å². The molecule has 3 heterocycles. The number of thiazole rings is 1. The molecule has 1 aliphatic heterocycles. The molecule has 42 heavy (non-hydrogen) atoms. The van der Waals surface area contributed by atoms with Crippen molar-refractivity contribution in [2.75, 3.05) is 18.5 Å². The molecule has 1 saturated heterocycles. The highest BCUT2D eigenvalue weighted by molar-refractivity contribution is 7.13. The van der Waals surface area contributed by atoms with Crippen molar-refractivity contribution < 1.29 is 28.8 Å². The monoisotopic (exact) mass is 602 g/mol. The predicted octanol–water partition coefficient (Wildman–Crippen LogP) is 3.39. The molecule has 1 unspecified atom stereocenters. The van der Waals surface area contributed by atoms with E-state index in [1.54, 1.807) is 29.8 Å². The second-order valence-electron chi connectivity index (χ2n) is 11.0. The van der Waals surface area contributed by atoms with Gasteiger partial charge in [0.05, 0.1) is 12.0 Å². The van der Waals surface area contributed by atoms with Crippen LogP contribution in [0.2, 0.25) is 0 Å². The van der Waals surface area contributed by atoms with Gasteiger partial charge in [-0.15, -0.1) is 11.3 Å². The molecule has 4 amide bonds. The predicted molar refractivity (Wildman–Crippen MR) is 158 cm³/mol. The van der Waals surface area contributed by atoms with Crippen molar-refractivity contribution in [1.29, 1.82) is 0 Å². The van der Waals surface area contributed by atoms with Gasteiger partial charge in [-0.05, 0) is 49.7 Å². The molecule has 12 nitrogen and oxygen atoms in total. The van der Waals surface area contributed by atoms with E-state index in [9.17, 15) is 19.2 Å². The zero-order valence-corrected chi connectivity index (χ0v) is 25.5. The minimum atomic E-state index is -0.986. The lowest BCUT2D eigenvalue weighted by Crippen LogP contribution is -2.54. The number of anilines is 1. The summed E-state index contributed by atoms with van der Waals surface area (Å²) in [6, 6.07) is 3.41. The number of pyridine rings is 1. The van der Waals surface area contributed by atoms with Gasteiger partial charge in [0.15, 0.2) is 11.4 Å². The zero-order chi connectivity index (χ0) is 30.5. The first-order valence-electron chi connectivity index (χ1n) is 14.4. The summed E-state index contributed by atoms with van der Waals surface area (Å²) in [5.41, 5.74) is 0.248. The Hall–Kier alpha value is -3.42. The fraction of sp³-hybridized carbons (Fsp3) is 0.586. The maximum Gasteiger partial charge on any atom is 0.269 e. The van der Waals surface area contributed by atoms with Crippen LogP contribution in [0.3, 0.4) is 0 Å². The summed E-state index contributed by atoms with van der Waals surface area (Å²) in [7, 11) is 0. The first kappa shape index (κ1) is 33.1. The van der Waals surface area contributed by atoms with E-state index in [1.807, 2.05) is 27.7 Å². The Morgan fingerprint density at radius 3 is 2.55 bits per heavy atom. The van der Waals surface area contributed by atoms with Crippen LogP contribution in [0, 0.1) is 17.8 Å². The van der Waals surface area contributed by atoms with Crippen LogP contribution < -0.4 is 16.0 Å². The van der Waals surface area contributed by atoms with Gasteiger partial charge in [0, 0.05) is 37.3 Å². The Labute approximate surface area is 250 Å². The van der Waals surface area contributed by atoms with Crippen molar-refractivity contribution >= 4 is 40.6 Å². The summed E-state index contributed by atoms with van der Waals surface area (Å²) < 4.78 is 5.68. The number of aromatic nitrogens is 2. The fourth-order valence-electron chi connectivity index (χ4n) is 4.88. The second-order valence-corrected chi connectivity index (χ2v) is 11.9. The first-order chi connectivity index (χ1) is 20.2. The molecule has 13 heteroatoms. The fourth-order valence-corrected chi connectivity index (χ4v) is 5.42. The van der Waals surface area contributed by atoms with Crippen molar-refractivity contribution in [1.82, 2.24) is 25.7 Å². The van der Waals surface area contributed by atoms with Crippen molar-refractivity contribution in [3.8, 4) is 0 Å². The van der Waals surface area contributed by atoms with Gasteiger partial charge < -0.3 is 20.7 Å². The molecule has 0 aromatic carbocycles. The number of amides is 4. The van der Waals surface area contributed by atoms with Gasteiger partial charge in [0.25, 0.3) is 5.91 Å². The highest BCUT2D eigenvalue weighted by Gasteiger charge is 2.38. The molecule has 230 valence electrons. The summed E-state index contributed by atoms with van der Waals surface area (Å²) in [5.74, 6) is -1.96. The number of ether oxygens (including phenoxy) is 1. The number of nitrogens with zero attached hydrogens (tertiary/aromatic N) is 3. The summed E-state index contributed by atoms with van der Waals surface area (Å²) in [5, 5.41) is 11.7. The maximum atomic E-state index is 13.9. The molecule has 3 N–H and O–H groups in total. The van der Waals surface area contributed by atoms with Crippen LogP contribution in [0.1, 0.15) is 70.3 Å². The summed E-state index contributed by atoms with van der Waals surface area (Å²) in [4.78, 5) is 66.1. The third-order valence-electron chi connectivity index (χ3n) is 6.84. The Balaban J connectivity index is 1.78. The maximum absolute atomic E-state index is 13.9. The van der Waals surface area contributed by atoms with Crippen LogP contribution in [0.15, 0.2) is 36.0 Å². The number of nitrogens with one attached hydrogen (secondary N) is 3. The number of carbonyl (C=O) groups is 4. The molecule has 0 bridgehead atoms. The normalized spacial score (nSPS) is 17.2. The molecule has 0 aliphatic carbocycles. The molecule has 2 aromatic rings. The molecule has 2 aromatic heterocycles. The smallest absolute Gasteiger partial charge is 0.269 e. The average molecular weight is 603 g/mol. The molecule has 0 saturated carbocycles. The van der Waals surface area contributed by atoms with E-state index >= 15 is 0 Å². The zero-order valence-electron chi connectivity index (χ0n) is 24.7. The third kappa shape index (κ3) is 10.1. The van der Waals surface area contributed by atoms with E-state index in [0.29, 0.717) is 31.0 Å². The van der Waals surface area contributed by atoms with Crippen LogP contribution in [-0.2, 0) is 24.0 Å². The number of rotatable bonds is 16. The molecule has 3 rings (SSSR count). The van der Waals surface area contributed by atoms with E-state index in [2.05, 4.69) is 25.9 Å². The van der Waals surface area contributed by atoms with Crippen LogP contribution in [0.25, 0.3) is 0 Å². The number of hydrogen-bond acceptors (Lipinski definition) is 9. The first-order valence-corrected chi connectivity index (χ1v) is 15.3. The lowest BCUT2D eigenvalue weighted by molar-refractivity contribution is -0.293. The van der Waals surface area contributed by atoms with E-state index in [-0.39, 0.29) is 36.4 Å². The number of hydroxylamine groups is 2. The van der Waals surface area contributed by atoms with E-state index in [4.69, 9.17) is 9.57 Å². The molecule has 0 radical (unpaired) electrons. The van der Waals surface area contributed by atoms with Crippen LogP contribution in [0.5, 0.6) is 0 Å². The standard InChI is InChI=1S/C29H42N6O6S/c1-19(2)17-21(25(20(3)4)35(18-36)41-24-10-6-8-15-40-24)26(37)33-23(28(39)34-29-32-14-16-42-29)11-13-31-27(38)22-9-5-7-12-30-22/h5,7,9,12,14,16,18-21,23-25H,6,8,10-11,13,15,17H2,1-4H3,(H,31,38)(H,33,37)(H,32,34,39)/t21-,23?,24+,25+/m1/s1. The number of hydrogen-bond donors (Lipinski definition) is 3. The van der Waals surface area contributed by atoms with Crippen molar-refractivity contribution in [2.45, 2.75) is 78.2 Å². The minimum absolute atomic E-state index is 0.108. The highest BCUT2D eigenvalue weighted by atomic mass is 32.1. The lowest BCUT2D eigenvalue weighted by atomic mass is 9.83. The van der Waals surface area contributed by atoms with E-state index in [1.165, 1.54) is 22.6 Å². The van der Waals surface area contributed by atoms with Crippen molar-refractivity contribution in [3.63, 3.8) is 0 Å². The van der Waals surface area contributed by atoms with E-state index in [0.717, 1.165) is 12.8 Å². The largest absolute Gasteiger partial charge is 0.351 e.